The van der Waals surface area contributed by atoms with E-state index in [0.717, 1.165) is 17.8 Å². The van der Waals surface area contributed by atoms with Crippen molar-refractivity contribution in [2.24, 2.45) is 23.5 Å². The van der Waals surface area contributed by atoms with Gasteiger partial charge in [0.25, 0.3) is 0 Å². The third kappa shape index (κ3) is 4.14. The SMILES string of the molecule is CCCCCC(N)C1CCC(C)C(C)C1. The van der Waals surface area contributed by atoms with Gasteiger partial charge < -0.3 is 5.73 Å². The first-order valence-electron chi connectivity index (χ1n) is 6.90. The van der Waals surface area contributed by atoms with Gasteiger partial charge in [-0.2, -0.15) is 0 Å². The van der Waals surface area contributed by atoms with Gasteiger partial charge in [0.2, 0.25) is 0 Å². The van der Waals surface area contributed by atoms with Gasteiger partial charge in [-0.25, -0.2) is 0 Å². The molecular formula is C14H29N. The van der Waals surface area contributed by atoms with Crippen LogP contribution >= 0.6 is 0 Å². The number of hydrogen-bond donors (Lipinski definition) is 1. The zero-order valence-corrected chi connectivity index (χ0v) is 10.8. The molecule has 1 fully saturated rings. The first kappa shape index (κ1) is 13.0. The molecule has 2 N–H and O–H groups in total. The van der Waals surface area contributed by atoms with Gasteiger partial charge in [-0.1, -0.05) is 46.5 Å². The van der Waals surface area contributed by atoms with Gasteiger partial charge in [-0.3, -0.25) is 0 Å². The molecular weight excluding hydrogens is 182 g/mol. The molecule has 1 saturated carbocycles. The van der Waals surface area contributed by atoms with Crippen LogP contribution in [-0.4, -0.2) is 6.04 Å². The van der Waals surface area contributed by atoms with Crippen LogP contribution in [0.2, 0.25) is 0 Å². The van der Waals surface area contributed by atoms with E-state index in [4.69, 9.17) is 5.73 Å². The standard InChI is InChI=1S/C14H29N/c1-4-5-6-7-14(15)13-9-8-11(2)12(3)10-13/h11-14H,4-10,15H2,1-3H3. The quantitative estimate of drug-likeness (QED) is 0.684. The Hall–Kier alpha value is -0.0400. The van der Waals surface area contributed by atoms with Gasteiger partial charge in [0, 0.05) is 6.04 Å². The van der Waals surface area contributed by atoms with Crippen molar-refractivity contribution < 1.29 is 0 Å². The first-order valence-corrected chi connectivity index (χ1v) is 6.90. The second-order valence-electron chi connectivity index (χ2n) is 5.69. The molecule has 0 radical (unpaired) electrons. The molecule has 0 bridgehead atoms. The molecule has 4 unspecified atom stereocenters. The minimum absolute atomic E-state index is 0.478. The minimum Gasteiger partial charge on any atom is -0.327 e. The molecule has 90 valence electrons. The number of nitrogens with two attached hydrogens (primary N) is 1. The Morgan fingerprint density at radius 3 is 2.47 bits per heavy atom. The fourth-order valence-corrected chi connectivity index (χ4v) is 2.84. The lowest BCUT2D eigenvalue weighted by Gasteiger charge is -2.35. The van der Waals surface area contributed by atoms with Crippen LogP contribution in [0.4, 0.5) is 0 Å². The summed E-state index contributed by atoms with van der Waals surface area (Å²) < 4.78 is 0. The average molecular weight is 211 g/mol. The minimum atomic E-state index is 0.478. The summed E-state index contributed by atoms with van der Waals surface area (Å²) in [7, 11) is 0. The van der Waals surface area contributed by atoms with Crippen LogP contribution in [0.1, 0.15) is 65.7 Å². The van der Waals surface area contributed by atoms with E-state index in [9.17, 15) is 0 Å². The third-order valence-electron chi connectivity index (χ3n) is 4.39. The van der Waals surface area contributed by atoms with Crippen LogP contribution in [0.5, 0.6) is 0 Å². The molecule has 15 heavy (non-hydrogen) atoms. The lowest BCUT2D eigenvalue weighted by molar-refractivity contribution is 0.180. The summed E-state index contributed by atoms with van der Waals surface area (Å²) in [5.74, 6) is 2.62. The van der Waals surface area contributed by atoms with Gasteiger partial charge in [-0.05, 0) is 37.0 Å². The van der Waals surface area contributed by atoms with E-state index in [1.165, 1.54) is 44.9 Å². The normalized spacial score (nSPS) is 34.0. The molecule has 0 aliphatic heterocycles. The predicted octanol–water partition coefficient (Wildman–Crippen LogP) is 3.97. The Morgan fingerprint density at radius 1 is 1.13 bits per heavy atom. The van der Waals surface area contributed by atoms with Gasteiger partial charge in [-0.15, -0.1) is 0 Å². The lowest BCUT2D eigenvalue weighted by Crippen LogP contribution is -2.35. The monoisotopic (exact) mass is 211 g/mol. The maximum Gasteiger partial charge on any atom is 0.00672 e. The molecule has 0 amide bonds. The molecule has 4 atom stereocenters. The van der Waals surface area contributed by atoms with Crippen LogP contribution in [0, 0.1) is 17.8 Å². The van der Waals surface area contributed by atoms with Crippen molar-refractivity contribution in [3.63, 3.8) is 0 Å². The lowest BCUT2D eigenvalue weighted by atomic mass is 9.72. The highest BCUT2D eigenvalue weighted by Gasteiger charge is 2.27. The van der Waals surface area contributed by atoms with Crippen LogP contribution < -0.4 is 5.73 Å². The summed E-state index contributed by atoms with van der Waals surface area (Å²) >= 11 is 0. The summed E-state index contributed by atoms with van der Waals surface area (Å²) in [6, 6.07) is 0.478. The fraction of sp³-hybridized carbons (Fsp3) is 1.00. The van der Waals surface area contributed by atoms with E-state index in [1.807, 2.05) is 0 Å². The van der Waals surface area contributed by atoms with Crippen molar-refractivity contribution in [3.05, 3.63) is 0 Å². The zero-order valence-electron chi connectivity index (χ0n) is 10.8. The highest BCUT2D eigenvalue weighted by Crippen LogP contribution is 2.35. The fourth-order valence-electron chi connectivity index (χ4n) is 2.84. The third-order valence-corrected chi connectivity index (χ3v) is 4.39. The summed E-state index contributed by atoms with van der Waals surface area (Å²) in [6.45, 7) is 7.05. The Balaban J connectivity index is 2.24. The van der Waals surface area contributed by atoms with Gasteiger partial charge in [0.05, 0.1) is 0 Å². The van der Waals surface area contributed by atoms with Gasteiger partial charge >= 0.3 is 0 Å². The largest absolute Gasteiger partial charge is 0.327 e. The molecule has 0 aromatic rings. The second-order valence-corrected chi connectivity index (χ2v) is 5.69. The van der Waals surface area contributed by atoms with Crippen molar-refractivity contribution >= 4 is 0 Å². The van der Waals surface area contributed by atoms with Crippen molar-refractivity contribution in [1.82, 2.24) is 0 Å². The van der Waals surface area contributed by atoms with E-state index >= 15 is 0 Å². The summed E-state index contributed by atoms with van der Waals surface area (Å²) in [4.78, 5) is 0. The molecule has 1 aliphatic rings. The molecule has 1 rings (SSSR count). The van der Waals surface area contributed by atoms with E-state index in [1.54, 1.807) is 0 Å². The predicted molar refractivity (Wildman–Crippen MR) is 67.8 cm³/mol. The topological polar surface area (TPSA) is 26.0 Å². The van der Waals surface area contributed by atoms with Crippen molar-refractivity contribution in [2.75, 3.05) is 0 Å². The Labute approximate surface area is 95.8 Å². The highest BCUT2D eigenvalue weighted by molar-refractivity contribution is 4.81. The molecule has 0 aromatic carbocycles. The Bertz CT molecular complexity index is 167. The molecule has 1 aliphatic carbocycles. The summed E-state index contributed by atoms with van der Waals surface area (Å²) in [6.07, 6.45) is 9.38. The number of hydrogen-bond acceptors (Lipinski definition) is 1. The van der Waals surface area contributed by atoms with Crippen molar-refractivity contribution in [3.8, 4) is 0 Å². The molecule has 0 spiro atoms. The van der Waals surface area contributed by atoms with E-state index in [2.05, 4.69) is 20.8 Å². The van der Waals surface area contributed by atoms with E-state index < -0.39 is 0 Å². The van der Waals surface area contributed by atoms with Gasteiger partial charge in [0.1, 0.15) is 0 Å². The second kappa shape index (κ2) is 6.52. The summed E-state index contributed by atoms with van der Waals surface area (Å²) in [5, 5.41) is 0. The molecule has 1 nitrogen and oxygen atoms in total. The number of rotatable bonds is 5. The summed E-state index contributed by atoms with van der Waals surface area (Å²) in [5.41, 5.74) is 6.30. The number of unbranched alkanes of at least 4 members (excludes halogenated alkanes) is 2. The van der Waals surface area contributed by atoms with Crippen LogP contribution in [0.3, 0.4) is 0 Å². The molecule has 1 heteroatoms. The maximum atomic E-state index is 6.30. The molecule has 0 saturated heterocycles. The highest BCUT2D eigenvalue weighted by atomic mass is 14.7. The van der Waals surface area contributed by atoms with Crippen molar-refractivity contribution in [2.45, 2.75) is 71.8 Å². The molecule has 0 aromatic heterocycles. The molecule has 0 heterocycles. The Kier molecular flexibility index (Phi) is 5.66. The maximum absolute atomic E-state index is 6.30. The van der Waals surface area contributed by atoms with E-state index in [0.29, 0.717) is 6.04 Å². The van der Waals surface area contributed by atoms with Crippen molar-refractivity contribution in [1.29, 1.82) is 0 Å². The van der Waals surface area contributed by atoms with E-state index in [-0.39, 0.29) is 0 Å². The smallest absolute Gasteiger partial charge is 0.00672 e. The average Bonchev–Trinajstić information content (AvgIpc) is 2.22. The first-order chi connectivity index (χ1) is 7.15. The van der Waals surface area contributed by atoms with Crippen LogP contribution in [-0.2, 0) is 0 Å². The van der Waals surface area contributed by atoms with Crippen LogP contribution in [0.25, 0.3) is 0 Å². The Morgan fingerprint density at radius 2 is 1.87 bits per heavy atom. The van der Waals surface area contributed by atoms with Crippen LogP contribution in [0.15, 0.2) is 0 Å². The zero-order chi connectivity index (χ0) is 11.3. The van der Waals surface area contributed by atoms with Gasteiger partial charge in [0.15, 0.2) is 0 Å².